The van der Waals surface area contributed by atoms with E-state index in [0.717, 1.165) is 11.1 Å². The lowest BCUT2D eigenvalue weighted by atomic mass is 9.93. The molecule has 0 unspecified atom stereocenters. The summed E-state index contributed by atoms with van der Waals surface area (Å²) in [4.78, 5) is 35.4. The molecule has 0 spiro atoms. The number of nitrogens with zero attached hydrogens (tertiary/aromatic N) is 1. The van der Waals surface area contributed by atoms with Gasteiger partial charge in [-0.2, -0.15) is 0 Å². The zero-order chi connectivity index (χ0) is 14.7. The molecule has 1 aliphatic rings. The van der Waals surface area contributed by atoms with Crippen LogP contribution in [-0.4, -0.2) is 35.3 Å². The summed E-state index contributed by atoms with van der Waals surface area (Å²) in [6, 6.07) is 6.18. The van der Waals surface area contributed by atoms with Crippen molar-refractivity contribution < 1.29 is 14.4 Å². The summed E-state index contributed by atoms with van der Waals surface area (Å²) < 4.78 is 0. The minimum Gasteiger partial charge on any atom is -0.368 e. The second-order valence-electron chi connectivity index (χ2n) is 4.71. The number of hydrogen-bond donors (Lipinski definition) is 3. The molecule has 1 aromatic carbocycles. The smallest absolute Gasteiger partial charge is 0.318 e. The molecule has 0 fully saturated rings. The van der Waals surface area contributed by atoms with E-state index in [9.17, 15) is 14.4 Å². The number of carbonyl (C=O) groups is 3. The highest BCUT2D eigenvalue weighted by molar-refractivity contribution is 5.94. The molecule has 0 bridgehead atoms. The molecule has 4 amide bonds. The van der Waals surface area contributed by atoms with Gasteiger partial charge in [0.1, 0.15) is 0 Å². The van der Waals surface area contributed by atoms with Gasteiger partial charge in [0.25, 0.3) is 0 Å². The van der Waals surface area contributed by atoms with Crippen molar-refractivity contribution in [2.24, 2.45) is 11.5 Å². The summed E-state index contributed by atoms with van der Waals surface area (Å²) in [5.74, 6) is -1.05. The lowest BCUT2D eigenvalue weighted by Crippen LogP contribution is -2.52. The van der Waals surface area contributed by atoms with Crippen molar-refractivity contribution in [3.63, 3.8) is 0 Å². The van der Waals surface area contributed by atoms with E-state index in [0.29, 0.717) is 13.0 Å². The van der Waals surface area contributed by atoms with Gasteiger partial charge in [0.05, 0.1) is 12.6 Å². The number of amides is 4. The number of primary amides is 2. The first-order valence-electron chi connectivity index (χ1n) is 6.17. The number of rotatable bonds is 3. The lowest BCUT2D eigenvalue weighted by molar-refractivity contribution is -0.127. The van der Waals surface area contributed by atoms with Gasteiger partial charge in [-0.1, -0.05) is 24.3 Å². The topological polar surface area (TPSA) is 119 Å². The number of hydrogen-bond acceptors (Lipinski definition) is 4. The number of imide groups is 1. The first kappa shape index (κ1) is 14.0. The second-order valence-corrected chi connectivity index (χ2v) is 4.71. The normalized spacial score (nSPS) is 18.1. The molecule has 0 aliphatic carbocycles. The van der Waals surface area contributed by atoms with Crippen LogP contribution in [0.4, 0.5) is 4.79 Å². The third-order valence-corrected chi connectivity index (χ3v) is 3.28. The zero-order valence-electron chi connectivity index (χ0n) is 10.8. The summed E-state index contributed by atoms with van der Waals surface area (Å²) in [7, 11) is 0. The van der Waals surface area contributed by atoms with E-state index in [2.05, 4.69) is 0 Å². The average Bonchev–Trinajstić information content (AvgIpc) is 2.36. The summed E-state index contributed by atoms with van der Waals surface area (Å²) in [5, 5.41) is 1.98. The quantitative estimate of drug-likeness (QED) is 0.662. The van der Waals surface area contributed by atoms with Crippen LogP contribution in [0.25, 0.3) is 0 Å². The third kappa shape index (κ3) is 3.12. The molecule has 7 nitrogen and oxygen atoms in total. The first-order chi connectivity index (χ1) is 9.47. The molecule has 1 aliphatic heterocycles. The third-order valence-electron chi connectivity index (χ3n) is 3.28. The van der Waals surface area contributed by atoms with Crippen LogP contribution < -0.4 is 16.8 Å². The van der Waals surface area contributed by atoms with Gasteiger partial charge in [0, 0.05) is 6.54 Å². The molecule has 1 heterocycles. The van der Waals surface area contributed by atoms with Gasteiger partial charge in [0.2, 0.25) is 11.8 Å². The molecular formula is C13H16N4O3. The van der Waals surface area contributed by atoms with E-state index in [1.165, 1.54) is 0 Å². The predicted octanol–water partition coefficient (Wildman–Crippen LogP) is -0.906. The van der Waals surface area contributed by atoms with Crippen LogP contribution in [0.3, 0.4) is 0 Å². The fourth-order valence-electron chi connectivity index (χ4n) is 2.39. The molecule has 7 heteroatoms. The maximum absolute atomic E-state index is 11.6. The van der Waals surface area contributed by atoms with Crippen molar-refractivity contribution in [2.75, 3.05) is 6.54 Å². The minimum atomic E-state index is -0.914. The van der Waals surface area contributed by atoms with Crippen LogP contribution in [0, 0.1) is 0 Å². The molecule has 5 N–H and O–H groups in total. The summed E-state index contributed by atoms with van der Waals surface area (Å²) >= 11 is 0. The molecule has 0 aromatic heterocycles. The Morgan fingerprint density at radius 3 is 2.45 bits per heavy atom. The van der Waals surface area contributed by atoms with Crippen molar-refractivity contribution in [1.82, 2.24) is 10.2 Å². The molecule has 0 saturated heterocycles. The number of nitrogens with two attached hydrogens (primary N) is 2. The van der Waals surface area contributed by atoms with Crippen LogP contribution in [-0.2, 0) is 22.6 Å². The molecule has 20 heavy (non-hydrogen) atoms. The number of benzene rings is 1. The average molecular weight is 276 g/mol. The summed E-state index contributed by atoms with van der Waals surface area (Å²) in [6.45, 7) is 0.320. The van der Waals surface area contributed by atoms with E-state index in [1.807, 2.05) is 29.6 Å². The maximum Gasteiger partial charge on any atom is 0.318 e. The van der Waals surface area contributed by atoms with E-state index in [-0.39, 0.29) is 6.54 Å². The van der Waals surface area contributed by atoms with Crippen molar-refractivity contribution in [3.8, 4) is 0 Å². The SMILES string of the molecule is NC(=O)NC(=O)CN1Cc2ccccc2C[C@H]1C(N)=O. The van der Waals surface area contributed by atoms with E-state index < -0.39 is 23.9 Å². The standard InChI is InChI=1S/C13H16N4O3/c14-12(19)10-5-8-3-1-2-4-9(8)6-17(10)7-11(18)16-13(15)20/h1-4,10H,5-7H2,(H2,14,19)(H3,15,16,18,20)/t10-/m0/s1. The number of nitrogens with one attached hydrogen (secondary N) is 1. The highest BCUT2D eigenvalue weighted by Crippen LogP contribution is 2.22. The van der Waals surface area contributed by atoms with Crippen LogP contribution in [0.2, 0.25) is 0 Å². The monoisotopic (exact) mass is 276 g/mol. The Labute approximate surface area is 115 Å². The van der Waals surface area contributed by atoms with E-state index in [4.69, 9.17) is 11.5 Å². The van der Waals surface area contributed by atoms with Gasteiger partial charge in [-0.25, -0.2) is 4.79 Å². The van der Waals surface area contributed by atoms with Crippen molar-refractivity contribution in [1.29, 1.82) is 0 Å². The number of fused-ring (bicyclic) bond motifs is 1. The van der Waals surface area contributed by atoms with Crippen molar-refractivity contribution >= 4 is 17.8 Å². The van der Waals surface area contributed by atoms with Gasteiger partial charge in [-0.3, -0.25) is 19.8 Å². The van der Waals surface area contributed by atoms with Gasteiger partial charge in [-0.05, 0) is 17.5 Å². The van der Waals surface area contributed by atoms with Crippen molar-refractivity contribution in [2.45, 2.75) is 19.0 Å². The molecule has 1 atom stereocenters. The Kier molecular flexibility index (Phi) is 3.99. The maximum atomic E-state index is 11.6. The zero-order valence-corrected chi connectivity index (χ0v) is 10.8. The molecule has 2 rings (SSSR count). The minimum absolute atomic E-state index is 0.106. The van der Waals surface area contributed by atoms with Crippen LogP contribution in [0.15, 0.2) is 24.3 Å². The van der Waals surface area contributed by atoms with Gasteiger partial charge in [0.15, 0.2) is 0 Å². The van der Waals surface area contributed by atoms with Crippen LogP contribution in [0.1, 0.15) is 11.1 Å². The number of urea groups is 1. The first-order valence-corrected chi connectivity index (χ1v) is 6.17. The Balaban J connectivity index is 2.16. The Morgan fingerprint density at radius 1 is 1.20 bits per heavy atom. The van der Waals surface area contributed by atoms with Gasteiger partial charge in [-0.15, -0.1) is 0 Å². The summed E-state index contributed by atoms with van der Waals surface area (Å²) in [5.41, 5.74) is 12.4. The predicted molar refractivity (Wildman–Crippen MR) is 71.3 cm³/mol. The van der Waals surface area contributed by atoms with Gasteiger partial charge < -0.3 is 11.5 Å². The highest BCUT2D eigenvalue weighted by atomic mass is 16.2. The second kappa shape index (κ2) is 5.70. The lowest BCUT2D eigenvalue weighted by Gasteiger charge is -2.34. The highest BCUT2D eigenvalue weighted by Gasteiger charge is 2.31. The van der Waals surface area contributed by atoms with Crippen LogP contribution >= 0.6 is 0 Å². The summed E-state index contributed by atoms with van der Waals surface area (Å²) in [6.07, 6.45) is 0.454. The number of carbonyl (C=O) groups excluding carboxylic acids is 3. The Hall–Kier alpha value is -2.41. The fraction of sp³-hybridized carbons (Fsp3) is 0.308. The Morgan fingerprint density at radius 2 is 1.85 bits per heavy atom. The largest absolute Gasteiger partial charge is 0.368 e. The molecular weight excluding hydrogens is 260 g/mol. The van der Waals surface area contributed by atoms with Crippen molar-refractivity contribution in [3.05, 3.63) is 35.4 Å². The molecule has 1 aromatic rings. The molecule has 0 radical (unpaired) electrons. The molecule has 0 saturated carbocycles. The van der Waals surface area contributed by atoms with Crippen LogP contribution in [0.5, 0.6) is 0 Å². The van der Waals surface area contributed by atoms with E-state index in [1.54, 1.807) is 4.90 Å². The van der Waals surface area contributed by atoms with E-state index >= 15 is 0 Å². The molecule has 106 valence electrons. The van der Waals surface area contributed by atoms with Gasteiger partial charge >= 0.3 is 6.03 Å². The fourth-order valence-corrected chi connectivity index (χ4v) is 2.39. The Bertz CT molecular complexity index is 558.